The van der Waals surface area contributed by atoms with Crippen LogP contribution in [-0.4, -0.2) is 50.2 Å². The van der Waals surface area contributed by atoms with Crippen LogP contribution in [0.15, 0.2) is 18.2 Å². The molecule has 0 aliphatic carbocycles. The maximum Gasteiger partial charge on any atom is 0.0429 e. The van der Waals surface area contributed by atoms with Gasteiger partial charge in [0.1, 0.15) is 0 Å². The maximum absolute atomic E-state index is 3.37. The van der Waals surface area contributed by atoms with Gasteiger partial charge < -0.3 is 10.2 Å². The highest BCUT2D eigenvalue weighted by Gasteiger charge is 2.28. The Balaban J connectivity index is 1.70. The Bertz CT molecular complexity index is 432. The third kappa shape index (κ3) is 2.49. The van der Waals surface area contributed by atoms with Crippen LogP contribution in [0.4, 0.5) is 5.69 Å². The number of nitrogens with one attached hydrogen (secondary N) is 1. The van der Waals surface area contributed by atoms with Gasteiger partial charge in [-0.2, -0.15) is 0 Å². The third-order valence-electron chi connectivity index (χ3n) is 4.61. The van der Waals surface area contributed by atoms with Crippen molar-refractivity contribution in [2.45, 2.75) is 26.3 Å². The molecule has 0 aromatic heterocycles. The van der Waals surface area contributed by atoms with Crippen molar-refractivity contribution in [2.75, 3.05) is 44.2 Å². The molecule has 0 bridgehead atoms. The van der Waals surface area contributed by atoms with E-state index in [2.05, 4.69) is 47.2 Å². The summed E-state index contributed by atoms with van der Waals surface area (Å²) in [5, 5.41) is 3.37. The minimum Gasteiger partial charge on any atom is -0.369 e. The van der Waals surface area contributed by atoms with Gasteiger partial charge in [0.25, 0.3) is 0 Å². The summed E-state index contributed by atoms with van der Waals surface area (Å²) >= 11 is 0. The lowest BCUT2D eigenvalue weighted by Gasteiger charge is -2.44. The van der Waals surface area contributed by atoms with Crippen LogP contribution in [0.2, 0.25) is 0 Å². The molecule has 0 radical (unpaired) electrons. The van der Waals surface area contributed by atoms with Gasteiger partial charge in [-0.15, -0.1) is 0 Å². The van der Waals surface area contributed by atoms with E-state index in [-0.39, 0.29) is 0 Å². The molecule has 19 heavy (non-hydrogen) atoms. The van der Waals surface area contributed by atoms with E-state index < -0.39 is 0 Å². The second-order valence-corrected chi connectivity index (χ2v) is 5.77. The molecule has 2 fully saturated rings. The molecular formula is C16H25N3. The predicted molar refractivity (Wildman–Crippen MR) is 81.0 cm³/mol. The Labute approximate surface area is 116 Å². The van der Waals surface area contributed by atoms with Crippen molar-refractivity contribution < 1.29 is 0 Å². The number of rotatable bonds is 3. The van der Waals surface area contributed by atoms with E-state index in [0.29, 0.717) is 0 Å². The fourth-order valence-electron chi connectivity index (χ4n) is 3.30. The zero-order valence-corrected chi connectivity index (χ0v) is 12.2. The van der Waals surface area contributed by atoms with Crippen LogP contribution in [0.5, 0.6) is 0 Å². The van der Waals surface area contributed by atoms with Crippen molar-refractivity contribution in [1.82, 2.24) is 10.2 Å². The van der Waals surface area contributed by atoms with Gasteiger partial charge in [-0.3, -0.25) is 4.90 Å². The quantitative estimate of drug-likeness (QED) is 0.890. The number of benzene rings is 1. The number of para-hydroxylation sites is 1. The predicted octanol–water partition coefficient (Wildman–Crippen LogP) is 1.65. The van der Waals surface area contributed by atoms with Crippen molar-refractivity contribution in [2.24, 2.45) is 0 Å². The minimum atomic E-state index is 0.796. The summed E-state index contributed by atoms with van der Waals surface area (Å²) in [5.74, 6) is 0. The van der Waals surface area contributed by atoms with E-state index >= 15 is 0 Å². The standard InChI is InChI=1S/C16H25N3/c1-3-14-6-4-5-13(2)16(14)19-9-7-18(8-10-19)15-11-17-12-15/h4-6,15,17H,3,7-12H2,1-2H3. The Morgan fingerprint density at radius 1 is 1.16 bits per heavy atom. The Kier molecular flexibility index (Phi) is 3.76. The van der Waals surface area contributed by atoms with E-state index in [0.717, 1.165) is 12.5 Å². The molecule has 1 aromatic rings. The van der Waals surface area contributed by atoms with E-state index in [1.54, 1.807) is 0 Å². The van der Waals surface area contributed by atoms with Gasteiger partial charge in [0, 0.05) is 51.0 Å². The second kappa shape index (κ2) is 5.51. The summed E-state index contributed by atoms with van der Waals surface area (Å²) < 4.78 is 0. The minimum absolute atomic E-state index is 0.796. The molecular weight excluding hydrogens is 234 g/mol. The molecule has 2 heterocycles. The molecule has 3 heteroatoms. The monoisotopic (exact) mass is 259 g/mol. The summed E-state index contributed by atoms with van der Waals surface area (Å²) in [6.07, 6.45) is 1.13. The topological polar surface area (TPSA) is 18.5 Å². The SMILES string of the molecule is CCc1cccc(C)c1N1CCN(C2CNC2)CC1. The summed E-state index contributed by atoms with van der Waals surface area (Å²) in [6.45, 7) is 11.6. The van der Waals surface area contributed by atoms with Gasteiger partial charge >= 0.3 is 0 Å². The van der Waals surface area contributed by atoms with E-state index in [1.807, 2.05) is 0 Å². The molecule has 3 rings (SSSR count). The van der Waals surface area contributed by atoms with Gasteiger partial charge in [-0.05, 0) is 24.5 Å². The number of anilines is 1. The number of aryl methyl sites for hydroxylation is 2. The first-order valence-electron chi connectivity index (χ1n) is 7.57. The Morgan fingerprint density at radius 2 is 1.89 bits per heavy atom. The highest BCUT2D eigenvalue weighted by Crippen LogP contribution is 2.27. The van der Waals surface area contributed by atoms with Gasteiger partial charge in [-0.25, -0.2) is 0 Å². The maximum atomic E-state index is 3.37. The molecule has 0 spiro atoms. The van der Waals surface area contributed by atoms with Crippen molar-refractivity contribution in [3.63, 3.8) is 0 Å². The number of hydrogen-bond acceptors (Lipinski definition) is 3. The average molecular weight is 259 g/mol. The fourth-order valence-corrected chi connectivity index (χ4v) is 3.30. The number of hydrogen-bond donors (Lipinski definition) is 1. The van der Waals surface area contributed by atoms with Crippen LogP contribution in [-0.2, 0) is 6.42 Å². The lowest BCUT2D eigenvalue weighted by Crippen LogP contribution is -2.61. The Hall–Kier alpha value is -1.06. The van der Waals surface area contributed by atoms with E-state index in [9.17, 15) is 0 Å². The lowest BCUT2D eigenvalue weighted by atomic mass is 10.0. The molecule has 0 atom stereocenters. The van der Waals surface area contributed by atoms with E-state index in [1.165, 1.54) is 56.1 Å². The largest absolute Gasteiger partial charge is 0.369 e. The third-order valence-corrected chi connectivity index (χ3v) is 4.61. The van der Waals surface area contributed by atoms with Crippen molar-refractivity contribution >= 4 is 5.69 Å². The van der Waals surface area contributed by atoms with Crippen LogP contribution in [0, 0.1) is 6.92 Å². The summed E-state index contributed by atoms with van der Waals surface area (Å²) in [5.41, 5.74) is 4.42. The van der Waals surface area contributed by atoms with Crippen molar-refractivity contribution in [3.8, 4) is 0 Å². The normalized spacial score (nSPS) is 21.5. The van der Waals surface area contributed by atoms with Gasteiger partial charge in [0.15, 0.2) is 0 Å². The van der Waals surface area contributed by atoms with E-state index in [4.69, 9.17) is 0 Å². The molecule has 2 aliphatic heterocycles. The first-order chi connectivity index (χ1) is 9.29. The van der Waals surface area contributed by atoms with Crippen LogP contribution < -0.4 is 10.2 Å². The van der Waals surface area contributed by atoms with Crippen molar-refractivity contribution in [1.29, 1.82) is 0 Å². The first kappa shape index (κ1) is 12.9. The van der Waals surface area contributed by atoms with Crippen LogP contribution in [0.3, 0.4) is 0 Å². The highest BCUT2D eigenvalue weighted by atomic mass is 15.3. The molecule has 1 aromatic carbocycles. The zero-order valence-electron chi connectivity index (χ0n) is 12.2. The molecule has 0 saturated carbocycles. The molecule has 1 N–H and O–H groups in total. The fraction of sp³-hybridized carbons (Fsp3) is 0.625. The van der Waals surface area contributed by atoms with Gasteiger partial charge in [-0.1, -0.05) is 25.1 Å². The molecule has 104 valence electrons. The van der Waals surface area contributed by atoms with Crippen molar-refractivity contribution in [3.05, 3.63) is 29.3 Å². The Morgan fingerprint density at radius 3 is 2.47 bits per heavy atom. The van der Waals surface area contributed by atoms with Crippen LogP contribution in [0.25, 0.3) is 0 Å². The summed E-state index contributed by atoms with van der Waals surface area (Å²) in [6, 6.07) is 7.51. The van der Waals surface area contributed by atoms with Gasteiger partial charge in [0.05, 0.1) is 0 Å². The van der Waals surface area contributed by atoms with Crippen LogP contribution in [0.1, 0.15) is 18.1 Å². The molecule has 0 amide bonds. The molecule has 0 unspecified atom stereocenters. The molecule has 2 saturated heterocycles. The lowest BCUT2D eigenvalue weighted by molar-refractivity contribution is 0.138. The molecule has 2 aliphatic rings. The highest BCUT2D eigenvalue weighted by molar-refractivity contribution is 5.59. The summed E-state index contributed by atoms with van der Waals surface area (Å²) in [4.78, 5) is 5.24. The summed E-state index contributed by atoms with van der Waals surface area (Å²) in [7, 11) is 0. The molecule has 3 nitrogen and oxygen atoms in total. The van der Waals surface area contributed by atoms with Crippen LogP contribution >= 0.6 is 0 Å². The van der Waals surface area contributed by atoms with Gasteiger partial charge in [0.2, 0.25) is 0 Å². The first-order valence-corrected chi connectivity index (χ1v) is 7.57. The second-order valence-electron chi connectivity index (χ2n) is 5.77. The number of nitrogens with zero attached hydrogens (tertiary/aromatic N) is 2. The average Bonchev–Trinajstić information content (AvgIpc) is 2.37. The number of piperazine rings is 1. The zero-order chi connectivity index (χ0) is 13.2. The smallest absolute Gasteiger partial charge is 0.0429 e.